The number of nitrogens with one attached hydrogen (secondary N) is 2. The number of nitrogens with zero attached hydrogens (tertiary/aromatic N) is 4. The molecule has 0 spiro atoms. The molecule has 2 heterocycles. The van der Waals surface area contributed by atoms with Gasteiger partial charge in [-0.1, -0.05) is 23.9 Å². The molecule has 2 amide bonds. The molecule has 0 aliphatic carbocycles. The quantitative estimate of drug-likeness (QED) is 0.538. The lowest BCUT2D eigenvalue weighted by atomic mass is 10.2. The Balaban J connectivity index is 1.59. The lowest BCUT2D eigenvalue weighted by molar-refractivity contribution is -0.113. The van der Waals surface area contributed by atoms with Gasteiger partial charge in [-0.3, -0.25) is 9.59 Å². The van der Waals surface area contributed by atoms with Crippen molar-refractivity contribution in [3.8, 4) is 0 Å². The summed E-state index contributed by atoms with van der Waals surface area (Å²) in [4.78, 5) is 29.8. The number of aryl methyl sites for hydroxylation is 2. The van der Waals surface area contributed by atoms with Gasteiger partial charge in [0.05, 0.1) is 23.1 Å². The number of thioether (sulfide) groups is 1. The number of thiazole rings is 1. The molecule has 2 aromatic heterocycles. The molecule has 0 aliphatic rings. The number of halogens is 1. The van der Waals surface area contributed by atoms with Gasteiger partial charge in [-0.2, -0.15) is 0 Å². The van der Waals surface area contributed by atoms with Crippen LogP contribution in [0.4, 0.5) is 9.52 Å². The third-order valence-electron chi connectivity index (χ3n) is 4.33. The minimum atomic E-state index is -0.590. The van der Waals surface area contributed by atoms with E-state index in [9.17, 15) is 14.0 Å². The van der Waals surface area contributed by atoms with Crippen molar-refractivity contribution in [3.63, 3.8) is 0 Å². The van der Waals surface area contributed by atoms with Crippen molar-refractivity contribution in [2.45, 2.75) is 32.0 Å². The van der Waals surface area contributed by atoms with E-state index in [1.165, 1.54) is 41.3 Å². The van der Waals surface area contributed by atoms with Gasteiger partial charge in [-0.05, 0) is 32.9 Å². The molecule has 0 saturated carbocycles. The molecular weight excluding hydrogens is 427 g/mol. The molecule has 11 heteroatoms. The Bertz CT molecular complexity index is 1060. The number of benzene rings is 1. The highest BCUT2D eigenvalue weighted by atomic mass is 32.2. The molecule has 3 aromatic rings. The highest BCUT2D eigenvalue weighted by Gasteiger charge is 2.20. The van der Waals surface area contributed by atoms with Crippen molar-refractivity contribution in [2.24, 2.45) is 7.05 Å². The third kappa shape index (κ3) is 5.03. The lowest BCUT2D eigenvalue weighted by Crippen LogP contribution is -2.29. The Labute approximate surface area is 181 Å². The molecule has 2 N–H and O–H groups in total. The van der Waals surface area contributed by atoms with E-state index in [2.05, 4.69) is 25.8 Å². The first-order valence-corrected chi connectivity index (χ1v) is 10.9. The van der Waals surface area contributed by atoms with Gasteiger partial charge in [-0.25, -0.2) is 9.37 Å². The van der Waals surface area contributed by atoms with Gasteiger partial charge >= 0.3 is 0 Å². The van der Waals surface area contributed by atoms with Crippen LogP contribution in [0.5, 0.6) is 0 Å². The van der Waals surface area contributed by atoms with Gasteiger partial charge in [0.25, 0.3) is 5.91 Å². The minimum Gasteiger partial charge on any atom is -0.342 e. The van der Waals surface area contributed by atoms with Crippen LogP contribution < -0.4 is 10.6 Å². The van der Waals surface area contributed by atoms with Crippen LogP contribution >= 0.6 is 23.1 Å². The number of hydrogen-bond acceptors (Lipinski definition) is 7. The zero-order valence-electron chi connectivity index (χ0n) is 16.9. The maximum atomic E-state index is 13.8. The van der Waals surface area contributed by atoms with Gasteiger partial charge < -0.3 is 15.2 Å². The van der Waals surface area contributed by atoms with E-state index in [0.29, 0.717) is 16.1 Å². The summed E-state index contributed by atoms with van der Waals surface area (Å²) in [6, 6.07) is 5.27. The molecule has 1 aromatic carbocycles. The van der Waals surface area contributed by atoms with E-state index in [-0.39, 0.29) is 17.2 Å². The van der Waals surface area contributed by atoms with Gasteiger partial charge in [-0.15, -0.1) is 21.5 Å². The van der Waals surface area contributed by atoms with Gasteiger partial charge in [0.1, 0.15) is 5.82 Å². The summed E-state index contributed by atoms with van der Waals surface area (Å²) in [5.41, 5.74) is 0.859. The molecule has 1 unspecified atom stereocenters. The lowest BCUT2D eigenvalue weighted by Gasteiger charge is -2.14. The van der Waals surface area contributed by atoms with Crippen molar-refractivity contribution >= 4 is 40.0 Å². The normalized spacial score (nSPS) is 11.9. The summed E-state index contributed by atoms with van der Waals surface area (Å²) in [7, 11) is 1.74. The first kappa shape index (κ1) is 21.9. The second-order valence-electron chi connectivity index (χ2n) is 6.57. The van der Waals surface area contributed by atoms with Crippen LogP contribution in [-0.2, 0) is 11.8 Å². The van der Waals surface area contributed by atoms with Crippen molar-refractivity contribution < 1.29 is 14.0 Å². The molecular formula is C19H21FN6O2S2. The molecule has 0 saturated heterocycles. The summed E-state index contributed by atoms with van der Waals surface area (Å²) in [5, 5.41) is 14.8. The molecule has 0 bridgehead atoms. The van der Waals surface area contributed by atoms with Crippen LogP contribution in [-0.4, -0.2) is 37.3 Å². The second-order valence-corrected chi connectivity index (χ2v) is 8.72. The van der Waals surface area contributed by atoms with E-state index in [1.807, 2.05) is 13.8 Å². The molecule has 3 rings (SSSR count). The van der Waals surface area contributed by atoms with Gasteiger partial charge in [0, 0.05) is 11.9 Å². The average Bonchev–Trinajstić information content (AvgIpc) is 3.21. The monoisotopic (exact) mass is 448 g/mol. The van der Waals surface area contributed by atoms with Crippen LogP contribution in [0.3, 0.4) is 0 Å². The van der Waals surface area contributed by atoms with Gasteiger partial charge in [0.15, 0.2) is 16.1 Å². The highest BCUT2D eigenvalue weighted by Crippen LogP contribution is 2.23. The molecule has 0 aliphatic heterocycles. The van der Waals surface area contributed by atoms with E-state index in [4.69, 9.17) is 0 Å². The van der Waals surface area contributed by atoms with Crippen LogP contribution in [0.15, 0.2) is 29.4 Å². The zero-order chi connectivity index (χ0) is 21.8. The van der Waals surface area contributed by atoms with Crippen molar-refractivity contribution in [1.29, 1.82) is 0 Å². The molecule has 0 radical (unpaired) electrons. The SMILES string of the molecule is Cc1nc(NC(=O)CSc2nnc(C(C)NC(=O)c3ccccc3F)n2C)sc1C. The number of rotatable bonds is 7. The number of anilines is 1. The molecule has 0 fully saturated rings. The number of hydrogen-bond donors (Lipinski definition) is 2. The Kier molecular flexibility index (Phi) is 6.83. The Morgan fingerprint density at radius 3 is 2.67 bits per heavy atom. The predicted molar refractivity (Wildman–Crippen MR) is 114 cm³/mol. The summed E-state index contributed by atoms with van der Waals surface area (Å²) < 4.78 is 15.5. The largest absolute Gasteiger partial charge is 0.342 e. The Morgan fingerprint density at radius 1 is 1.27 bits per heavy atom. The van der Waals surface area contributed by atoms with E-state index in [0.717, 1.165) is 10.6 Å². The Hall–Kier alpha value is -2.79. The van der Waals surface area contributed by atoms with Crippen molar-refractivity contribution in [1.82, 2.24) is 25.1 Å². The summed E-state index contributed by atoms with van der Waals surface area (Å²) in [5.74, 6) is -0.688. The second kappa shape index (κ2) is 9.35. The standard InChI is InChI=1S/C19H21FN6O2S2/c1-10-12(3)30-18(22-10)23-15(27)9-29-19-25-24-16(26(19)4)11(2)21-17(28)13-7-5-6-8-14(13)20/h5-8,11H,9H2,1-4H3,(H,21,28)(H,22,23,27). The molecule has 8 nitrogen and oxygen atoms in total. The van der Waals surface area contributed by atoms with Crippen LogP contribution in [0.1, 0.15) is 39.7 Å². The first-order valence-electron chi connectivity index (χ1n) is 9.07. The molecule has 1 atom stereocenters. The topological polar surface area (TPSA) is 102 Å². The molecule has 30 heavy (non-hydrogen) atoms. The fraction of sp³-hybridized carbons (Fsp3) is 0.316. The van der Waals surface area contributed by atoms with E-state index in [1.54, 1.807) is 24.6 Å². The number of aromatic nitrogens is 4. The summed E-state index contributed by atoms with van der Waals surface area (Å²) >= 11 is 2.65. The maximum Gasteiger partial charge on any atom is 0.254 e. The summed E-state index contributed by atoms with van der Waals surface area (Å²) in [6.07, 6.45) is 0. The number of carbonyl (C=O) groups is 2. The third-order valence-corrected chi connectivity index (χ3v) is 6.34. The maximum absolute atomic E-state index is 13.8. The zero-order valence-corrected chi connectivity index (χ0v) is 18.5. The van der Waals surface area contributed by atoms with Crippen LogP contribution in [0.25, 0.3) is 0 Å². The average molecular weight is 449 g/mol. The molecule has 158 valence electrons. The number of carbonyl (C=O) groups excluding carboxylic acids is 2. The predicted octanol–water partition coefficient (Wildman–Crippen LogP) is 3.25. The van der Waals surface area contributed by atoms with Gasteiger partial charge in [0.2, 0.25) is 5.91 Å². The fourth-order valence-corrected chi connectivity index (χ4v) is 4.17. The fourth-order valence-electron chi connectivity index (χ4n) is 2.62. The Morgan fingerprint density at radius 2 is 2.00 bits per heavy atom. The summed E-state index contributed by atoms with van der Waals surface area (Å²) in [6.45, 7) is 5.57. The minimum absolute atomic E-state index is 0.0366. The van der Waals surface area contributed by atoms with Crippen LogP contribution in [0, 0.1) is 19.7 Å². The van der Waals surface area contributed by atoms with E-state index < -0.39 is 17.8 Å². The highest BCUT2D eigenvalue weighted by molar-refractivity contribution is 7.99. The van der Waals surface area contributed by atoms with Crippen LogP contribution in [0.2, 0.25) is 0 Å². The van der Waals surface area contributed by atoms with E-state index >= 15 is 0 Å². The van der Waals surface area contributed by atoms with Crippen molar-refractivity contribution in [2.75, 3.05) is 11.1 Å². The van der Waals surface area contributed by atoms with Crippen molar-refractivity contribution in [3.05, 3.63) is 52.0 Å². The first-order chi connectivity index (χ1) is 14.3. The number of amides is 2. The smallest absolute Gasteiger partial charge is 0.254 e.